The van der Waals surface area contributed by atoms with Crippen molar-refractivity contribution in [3.05, 3.63) is 35.6 Å². The summed E-state index contributed by atoms with van der Waals surface area (Å²) in [6.45, 7) is 0.111. The Morgan fingerprint density at radius 2 is 1.82 bits per heavy atom. The van der Waals surface area contributed by atoms with Gasteiger partial charge in [-0.05, 0) is 43.4 Å². The maximum Gasteiger partial charge on any atom is 0.393 e. The molecule has 1 atom stereocenters. The summed E-state index contributed by atoms with van der Waals surface area (Å²) in [5, 5.41) is 0. The molecule has 1 aromatic carbocycles. The minimum absolute atomic E-state index is 0.0802. The third-order valence-corrected chi connectivity index (χ3v) is 4.73. The van der Waals surface area contributed by atoms with Crippen LogP contribution in [0.3, 0.4) is 0 Å². The molecule has 0 radical (unpaired) electrons. The van der Waals surface area contributed by atoms with Crippen LogP contribution in [-0.2, 0) is 10.2 Å². The normalized spacial score (nSPS) is 24.2. The van der Waals surface area contributed by atoms with E-state index in [1.807, 2.05) is 0 Å². The highest BCUT2D eigenvalue weighted by Gasteiger charge is 2.54. The first-order chi connectivity index (χ1) is 10.3. The van der Waals surface area contributed by atoms with Crippen LogP contribution in [0.2, 0.25) is 0 Å². The van der Waals surface area contributed by atoms with Gasteiger partial charge in [0.1, 0.15) is 5.82 Å². The zero-order valence-electron chi connectivity index (χ0n) is 12.0. The lowest BCUT2D eigenvalue weighted by Gasteiger charge is -2.36. The van der Waals surface area contributed by atoms with Gasteiger partial charge in [-0.3, -0.25) is 4.79 Å². The first kappa shape index (κ1) is 15.3. The molecule has 1 amide bonds. The molecule has 6 heteroatoms. The van der Waals surface area contributed by atoms with Crippen LogP contribution >= 0.6 is 0 Å². The van der Waals surface area contributed by atoms with E-state index in [2.05, 4.69) is 0 Å². The Hall–Kier alpha value is -1.59. The molecule has 1 aromatic rings. The van der Waals surface area contributed by atoms with Gasteiger partial charge in [0, 0.05) is 13.1 Å². The van der Waals surface area contributed by atoms with Gasteiger partial charge >= 0.3 is 6.18 Å². The van der Waals surface area contributed by atoms with Gasteiger partial charge < -0.3 is 4.90 Å². The average Bonchev–Trinajstić information content (AvgIpc) is 3.28. The quantitative estimate of drug-likeness (QED) is 0.763. The lowest BCUT2D eigenvalue weighted by molar-refractivity contribution is -0.188. The molecule has 0 bridgehead atoms. The number of piperidine rings is 1. The molecule has 22 heavy (non-hydrogen) atoms. The van der Waals surface area contributed by atoms with E-state index in [0.717, 1.165) is 0 Å². The van der Waals surface area contributed by atoms with Crippen molar-refractivity contribution in [2.75, 3.05) is 13.1 Å². The third kappa shape index (κ3) is 2.71. The maximum absolute atomic E-state index is 13.0. The average molecular weight is 315 g/mol. The van der Waals surface area contributed by atoms with Gasteiger partial charge in [-0.25, -0.2) is 4.39 Å². The number of benzene rings is 1. The number of carbonyl (C=O) groups is 1. The lowest BCUT2D eigenvalue weighted by Crippen LogP contribution is -2.48. The topological polar surface area (TPSA) is 20.3 Å². The lowest BCUT2D eigenvalue weighted by atomic mass is 9.91. The van der Waals surface area contributed by atoms with Crippen molar-refractivity contribution < 1.29 is 22.4 Å². The predicted octanol–water partition coefficient (Wildman–Crippen LogP) is 3.66. The van der Waals surface area contributed by atoms with Crippen LogP contribution in [0, 0.1) is 11.7 Å². The number of rotatable bonds is 2. The maximum atomic E-state index is 13.0. The number of likely N-dealkylation sites (tertiary alicyclic amines) is 1. The summed E-state index contributed by atoms with van der Waals surface area (Å²) in [5.41, 5.74) is -0.0331. The first-order valence-electron chi connectivity index (χ1n) is 7.45. The molecule has 1 saturated carbocycles. The van der Waals surface area contributed by atoms with E-state index in [1.165, 1.54) is 17.0 Å². The van der Waals surface area contributed by atoms with E-state index in [-0.39, 0.29) is 24.7 Å². The Balaban J connectivity index is 1.77. The second kappa shape index (κ2) is 5.25. The van der Waals surface area contributed by atoms with Crippen molar-refractivity contribution in [1.82, 2.24) is 4.90 Å². The number of hydrogen-bond donors (Lipinski definition) is 0. The molecule has 1 aliphatic heterocycles. The van der Waals surface area contributed by atoms with E-state index in [0.29, 0.717) is 31.4 Å². The van der Waals surface area contributed by atoms with Crippen LogP contribution in [0.25, 0.3) is 0 Å². The molecular weight excluding hydrogens is 298 g/mol. The molecule has 2 fully saturated rings. The van der Waals surface area contributed by atoms with Crippen molar-refractivity contribution in [3.63, 3.8) is 0 Å². The summed E-state index contributed by atoms with van der Waals surface area (Å²) < 4.78 is 51.6. The Kier molecular flexibility index (Phi) is 3.65. The van der Waals surface area contributed by atoms with Crippen LogP contribution in [-0.4, -0.2) is 30.1 Å². The molecule has 2 aliphatic rings. The molecule has 0 aromatic heterocycles. The summed E-state index contributed by atoms with van der Waals surface area (Å²) in [4.78, 5) is 14.1. The van der Waals surface area contributed by atoms with Crippen molar-refractivity contribution in [2.45, 2.75) is 37.3 Å². The Labute approximate surface area is 126 Å². The number of halogens is 4. The molecular formula is C16H17F4NO. The SMILES string of the molecule is O=C(N1CCCC(C(F)(F)F)C1)C1(c2ccc(F)cc2)CC1. The van der Waals surface area contributed by atoms with E-state index >= 15 is 0 Å². The summed E-state index contributed by atoms with van der Waals surface area (Å²) in [6, 6.07) is 5.70. The molecule has 1 saturated heterocycles. The first-order valence-corrected chi connectivity index (χ1v) is 7.45. The molecule has 1 aliphatic carbocycles. The van der Waals surface area contributed by atoms with Crippen molar-refractivity contribution in [3.8, 4) is 0 Å². The minimum Gasteiger partial charge on any atom is -0.341 e. The van der Waals surface area contributed by atoms with E-state index in [1.54, 1.807) is 12.1 Å². The number of amides is 1. The fourth-order valence-electron chi connectivity index (χ4n) is 3.25. The monoisotopic (exact) mass is 315 g/mol. The number of alkyl halides is 3. The van der Waals surface area contributed by atoms with Crippen LogP contribution in [0.4, 0.5) is 17.6 Å². The predicted molar refractivity (Wildman–Crippen MR) is 72.7 cm³/mol. The molecule has 2 nitrogen and oxygen atoms in total. The Morgan fingerprint density at radius 1 is 1.18 bits per heavy atom. The van der Waals surface area contributed by atoms with Gasteiger partial charge in [0.15, 0.2) is 0 Å². The van der Waals surface area contributed by atoms with Crippen molar-refractivity contribution in [2.24, 2.45) is 5.92 Å². The molecule has 1 unspecified atom stereocenters. The summed E-state index contributed by atoms with van der Waals surface area (Å²) in [6.07, 6.45) is -2.58. The number of hydrogen-bond acceptors (Lipinski definition) is 1. The highest BCUT2D eigenvalue weighted by molar-refractivity contribution is 5.91. The largest absolute Gasteiger partial charge is 0.393 e. The highest BCUT2D eigenvalue weighted by atomic mass is 19.4. The van der Waals surface area contributed by atoms with Gasteiger partial charge in [-0.1, -0.05) is 12.1 Å². The van der Waals surface area contributed by atoms with Crippen molar-refractivity contribution in [1.29, 1.82) is 0 Å². The fourth-order valence-corrected chi connectivity index (χ4v) is 3.25. The second-order valence-electron chi connectivity index (χ2n) is 6.22. The highest BCUT2D eigenvalue weighted by Crippen LogP contribution is 2.50. The summed E-state index contributed by atoms with van der Waals surface area (Å²) in [7, 11) is 0. The van der Waals surface area contributed by atoms with Crippen LogP contribution in [0.5, 0.6) is 0 Å². The Bertz CT molecular complexity index is 563. The van der Waals surface area contributed by atoms with E-state index in [4.69, 9.17) is 0 Å². The molecule has 120 valence electrons. The number of carbonyl (C=O) groups excluding carboxylic acids is 1. The van der Waals surface area contributed by atoms with E-state index in [9.17, 15) is 22.4 Å². The van der Waals surface area contributed by atoms with Gasteiger partial charge in [-0.2, -0.15) is 13.2 Å². The molecule has 0 N–H and O–H groups in total. The van der Waals surface area contributed by atoms with Crippen LogP contribution < -0.4 is 0 Å². The van der Waals surface area contributed by atoms with E-state index < -0.39 is 17.5 Å². The van der Waals surface area contributed by atoms with Crippen LogP contribution in [0.1, 0.15) is 31.2 Å². The van der Waals surface area contributed by atoms with Gasteiger partial charge in [0.05, 0.1) is 11.3 Å². The molecule has 3 rings (SSSR count). The summed E-state index contributed by atoms with van der Waals surface area (Å²) >= 11 is 0. The fraction of sp³-hybridized carbons (Fsp3) is 0.562. The standard InChI is InChI=1S/C16H17F4NO/c17-13-5-3-11(4-6-13)15(7-8-15)14(22)21-9-1-2-12(10-21)16(18,19)20/h3-6,12H,1-2,7-10H2. The van der Waals surface area contributed by atoms with Gasteiger partial charge in [0.25, 0.3) is 0 Å². The number of nitrogens with zero attached hydrogens (tertiary/aromatic N) is 1. The van der Waals surface area contributed by atoms with Crippen LogP contribution in [0.15, 0.2) is 24.3 Å². The van der Waals surface area contributed by atoms with Gasteiger partial charge in [0.2, 0.25) is 5.91 Å². The molecule has 1 heterocycles. The molecule has 0 spiro atoms. The van der Waals surface area contributed by atoms with Crippen molar-refractivity contribution >= 4 is 5.91 Å². The Morgan fingerprint density at radius 3 is 2.36 bits per heavy atom. The third-order valence-electron chi connectivity index (χ3n) is 4.73. The second-order valence-corrected chi connectivity index (χ2v) is 6.22. The van der Waals surface area contributed by atoms with Gasteiger partial charge in [-0.15, -0.1) is 0 Å². The smallest absolute Gasteiger partial charge is 0.341 e. The zero-order chi connectivity index (χ0) is 16.0. The zero-order valence-corrected chi connectivity index (χ0v) is 12.0. The minimum atomic E-state index is -4.26. The summed E-state index contributed by atoms with van der Waals surface area (Å²) in [5.74, 6) is -2.07.